The lowest BCUT2D eigenvalue weighted by molar-refractivity contribution is 0.104. The van der Waals surface area contributed by atoms with Crippen LogP contribution in [0, 0.1) is 0 Å². The fourth-order valence-electron chi connectivity index (χ4n) is 1.97. The van der Waals surface area contributed by atoms with Crippen molar-refractivity contribution in [1.82, 2.24) is 0 Å². The van der Waals surface area contributed by atoms with E-state index < -0.39 is 17.0 Å². The first-order valence-electron chi connectivity index (χ1n) is 7.00. The number of rotatable bonds is 5. The molecule has 0 heterocycles. The van der Waals surface area contributed by atoms with Gasteiger partial charge in [0.2, 0.25) is 5.43 Å². The van der Waals surface area contributed by atoms with E-state index in [9.17, 15) is 14.7 Å². The topological polar surface area (TPSA) is 63.6 Å². The molecule has 0 aliphatic rings. The molecule has 0 saturated heterocycles. The summed E-state index contributed by atoms with van der Waals surface area (Å²) in [5, 5.41) is 9.88. The number of halogens is 1. The monoisotopic (exact) mass is 374 g/mol. The number of allylic oxidation sites excluding steroid dienone is 1. The van der Waals surface area contributed by atoms with Gasteiger partial charge in [-0.15, -0.1) is 0 Å². The zero-order valence-electron chi connectivity index (χ0n) is 12.5. The van der Waals surface area contributed by atoms with Crippen molar-refractivity contribution in [2.75, 3.05) is 6.61 Å². The molecule has 2 rings (SSSR count). The van der Waals surface area contributed by atoms with Gasteiger partial charge < -0.3 is 9.84 Å². The quantitative estimate of drug-likeness (QED) is 0.638. The summed E-state index contributed by atoms with van der Waals surface area (Å²) in [6.07, 6.45) is 2.90. The minimum atomic E-state index is -0.609. The number of hydrogen-bond donors (Lipinski definition) is 1. The Kier molecular flexibility index (Phi) is 5.71. The molecule has 0 radical (unpaired) electrons. The third kappa shape index (κ3) is 4.29. The van der Waals surface area contributed by atoms with Crippen LogP contribution in [0.4, 0.5) is 0 Å². The molecule has 0 aromatic heterocycles. The summed E-state index contributed by atoms with van der Waals surface area (Å²) in [6.45, 7) is 2.39. The second-order valence-electron chi connectivity index (χ2n) is 4.66. The number of hydrogen-bond acceptors (Lipinski definition) is 4. The standard InChI is InChI=1S/C18H15BrO4/c1-2-23-17-6-4-3-5-12(17)7-9-15(20)14-11-13(19)8-10-16(21)18(14)22/h3-11H,2H2,1H3,(H,21,22). The predicted molar refractivity (Wildman–Crippen MR) is 93.1 cm³/mol. The van der Waals surface area contributed by atoms with E-state index in [1.165, 1.54) is 24.3 Å². The molecule has 4 nitrogen and oxygen atoms in total. The molecule has 0 spiro atoms. The molecule has 0 saturated carbocycles. The van der Waals surface area contributed by atoms with Gasteiger partial charge in [0, 0.05) is 10.0 Å². The Balaban J connectivity index is 2.37. The van der Waals surface area contributed by atoms with E-state index in [0.29, 0.717) is 16.8 Å². The van der Waals surface area contributed by atoms with E-state index in [4.69, 9.17) is 4.74 Å². The zero-order chi connectivity index (χ0) is 16.8. The Morgan fingerprint density at radius 1 is 1.26 bits per heavy atom. The second kappa shape index (κ2) is 7.74. The molecular formula is C18H15BrO4. The predicted octanol–water partition coefficient (Wildman–Crippen LogP) is 3.81. The lowest BCUT2D eigenvalue weighted by Gasteiger charge is -2.06. The second-order valence-corrected chi connectivity index (χ2v) is 5.57. The summed E-state index contributed by atoms with van der Waals surface area (Å²) in [6, 6.07) is 11.4. The summed E-state index contributed by atoms with van der Waals surface area (Å²) in [7, 11) is 0. The fourth-order valence-corrected chi connectivity index (χ4v) is 2.33. The smallest absolute Gasteiger partial charge is 0.220 e. The van der Waals surface area contributed by atoms with Crippen LogP contribution in [0.15, 0.2) is 57.8 Å². The molecule has 0 atom stereocenters. The maximum absolute atomic E-state index is 12.3. The number of ketones is 1. The highest BCUT2D eigenvalue weighted by atomic mass is 79.9. The first-order valence-corrected chi connectivity index (χ1v) is 7.79. The Labute approximate surface area is 142 Å². The molecule has 1 N–H and O–H groups in total. The van der Waals surface area contributed by atoms with Crippen LogP contribution >= 0.6 is 15.9 Å². The van der Waals surface area contributed by atoms with Crippen LogP contribution in [-0.4, -0.2) is 17.5 Å². The van der Waals surface area contributed by atoms with Gasteiger partial charge in [-0.2, -0.15) is 0 Å². The van der Waals surface area contributed by atoms with Crippen LogP contribution in [0.1, 0.15) is 22.8 Å². The van der Waals surface area contributed by atoms with Crippen molar-refractivity contribution in [3.63, 3.8) is 0 Å². The summed E-state index contributed by atoms with van der Waals surface area (Å²) < 4.78 is 6.01. The van der Waals surface area contributed by atoms with Crippen LogP contribution < -0.4 is 10.2 Å². The number of carbonyl (C=O) groups excluding carboxylic acids is 1. The van der Waals surface area contributed by atoms with Crippen molar-refractivity contribution < 1.29 is 14.6 Å². The average Bonchev–Trinajstić information content (AvgIpc) is 2.67. The van der Waals surface area contributed by atoms with Crippen LogP contribution in [0.5, 0.6) is 11.5 Å². The number of aromatic hydroxyl groups is 1. The SMILES string of the molecule is CCOc1ccccc1C=CC(=O)c1cc(Br)ccc(=O)c1O. The number of carbonyl (C=O) groups is 1. The van der Waals surface area contributed by atoms with Crippen molar-refractivity contribution in [1.29, 1.82) is 0 Å². The van der Waals surface area contributed by atoms with Gasteiger partial charge in [-0.25, -0.2) is 0 Å². The van der Waals surface area contributed by atoms with Gasteiger partial charge in [0.05, 0.1) is 12.2 Å². The molecule has 0 fully saturated rings. The first-order chi connectivity index (χ1) is 11.0. The number of ether oxygens (including phenoxy) is 1. The van der Waals surface area contributed by atoms with Crippen LogP contribution in [-0.2, 0) is 0 Å². The highest BCUT2D eigenvalue weighted by molar-refractivity contribution is 9.10. The molecule has 0 amide bonds. The van der Waals surface area contributed by atoms with E-state index in [1.54, 1.807) is 12.1 Å². The van der Waals surface area contributed by atoms with E-state index in [-0.39, 0.29) is 5.56 Å². The van der Waals surface area contributed by atoms with Gasteiger partial charge in [-0.05, 0) is 43.3 Å². The third-order valence-corrected chi connectivity index (χ3v) is 3.56. The van der Waals surface area contributed by atoms with Crippen molar-refractivity contribution >= 4 is 27.8 Å². The van der Waals surface area contributed by atoms with E-state index in [2.05, 4.69) is 15.9 Å². The number of para-hydroxylation sites is 1. The lowest BCUT2D eigenvalue weighted by Crippen LogP contribution is -2.01. The Morgan fingerprint density at radius 2 is 2.00 bits per heavy atom. The van der Waals surface area contributed by atoms with Gasteiger partial charge in [0.25, 0.3) is 0 Å². The molecule has 2 aromatic carbocycles. The van der Waals surface area contributed by atoms with Gasteiger partial charge in [0.15, 0.2) is 11.5 Å². The minimum absolute atomic E-state index is 0.0583. The highest BCUT2D eigenvalue weighted by Gasteiger charge is 2.11. The minimum Gasteiger partial charge on any atom is -0.504 e. The van der Waals surface area contributed by atoms with Crippen LogP contribution in [0.2, 0.25) is 0 Å². The largest absolute Gasteiger partial charge is 0.504 e. The van der Waals surface area contributed by atoms with Crippen LogP contribution in [0.25, 0.3) is 6.08 Å². The molecular weight excluding hydrogens is 360 g/mol. The fraction of sp³-hybridized carbons (Fsp3) is 0.111. The van der Waals surface area contributed by atoms with Crippen molar-refractivity contribution in [3.8, 4) is 11.5 Å². The lowest BCUT2D eigenvalue weighted by atomic mass is 10.1. The zero-order valence-corrected chi connectivity index (χ0v) is 14.0. The van der Waals surface area contributed by atoms with Crippen molar-refractivity contribution in [2.24, 2.45) is 0 Å². The van der Waals surface area contributed by atoms with Crippen molar-refractivity contribution in [3.05, 3.63) is 74.4 Å². The summed E-state index contributed by atoms with van der Waals surface area (Å²) in [5.74, 6) is -0.376. The molecule has 0 unspecified atom stereocenters. The summed E-state index contributed by atoms with van der Waals surface area (Å²) >= 11 is 3.21. The van der Waals surface area contributed by atoms with Gasteiger partial charge >= 0.3 is 0 Å². The maximum Gasteiger partial charge on any atom is 0.220 e. The average molecular weight is 375 g/mol. The van der Waals surface area contributed by atoms with E-state index in [1.807, 2.05) is 25.1 Å². The maximum atomic E-state index is 12.3. The van der Waals surface area contributed by atoms with Crippen molar-refractivity contribution in [2.45, 2.75) is 6.92 Å². The molecule has 0 aliphatic heterocycles. The van der Waals surface area contributed by atoms with Crippen LogP contribution in [0.3, 0.4) is 0 Å². The highest BCUT2D eigenvalue weighted by Crippen LogP contribution is 2.21. The Morgan fingerprint density at radius 3 is 2.74 bits per heavy atom. The molecule has 5 heteroatoms. The van der Waals surface area contributed by atoms with Gasteiger partial charge in [-0.3, -0.25) is 9.59 Å². The van der Waals surface area contributed by atoms with Gasteiger partial charge in [-0.1, -0.05) is 34.1 Å². The summed E-state index contributed by atoms with van der Waals surface area (Å²) in [4.78, 5) is 23.9. The normalized spacial score (nSPS) is 10.7. The van der Waals surface area contributed by atoms with Gasteiger partial charge in [0.1, 0.15) is 5.75 Å². The van der Waals surface area contributed by atoms with E-state index >= 15 is 0 Å². The van der Waals surface area contributed by atoms with E-state index in [0.717, 1.165) is 5.56 Å². The molecule has 0 aliphatic carbocycles. The molecule has 0 bridgehead atoms. The summed E-state index contributed by atoms with van der Waals surface area (Å²) in [5.41, 5.74) is 0.0723. The number of benzene rings is 1. The Hall–Kier alpha value is -2.40. The third-order valence-electron chi connectivity index (χ3n) is 3.06. The molecule has 2 aromatic rings. The Bertz CT molecular complexity index is 812. The molecule has 118 valence electrons. The first kappa shape index (κ1) is 17.0. The molecule has 23 heavy (non-hydrogen) atoms.